The van der Waals surface area contributed by atoms with E-state index in [4.69, 9.17) is 4.74 Å². The van der Waals surface area contributed by atoms with Crippen LogP contribution in [0, 0.1) is 5.41 Å². The van der Waals surface area contributed by atoms with Crippen molar-refractivity contribution in [1.82, 2.24) is 10.6 Å². The summed E-state index contributed by atoms with van der Waals surface area (Å²) >= 11 is 3.43. The van der Waals surface area contributed by atoms with Gasteiger partial charge in [-0.25, -0.2) is 0 Å². The van der Waals surface area contributed by atoms with Gasteiger partial charge >= 0.3 is 0 Å². The Hall–Kier alpha value is -0.780. The number of hydrogen-bond acceptors (Lipinski definition) is 3. The fourth-order valence-corrected chi connectivity index (χ4v) is 2.97. The van der Waals surface area contributed by atoms with Gasteiger partial charge in [0.15, 0.2) is 0 Å². The molecule has 1 aliphatic rings. The number of carbonyl (C=O) groups is 1. The van der Waals surface area contributed by atoms with E-state index < -0.39 is 0 Å². The zero-order valence-electron chi connectivity index (χ0n) is 13.9. The summed E-state index contributed by atoms with van der Waals surface area (Å²) in [6, 6.07) is 5.53. The summed E-state index contributed by atoms with van der Waals surface area (Å²) in [5.41, 5.74) is 0.768. The Balaban J connectivity index is 0.00000264. The average molecular weight is 406 g/mol. The monoisotopic (exact) mass is 404 g/mol. The van der Waals surface area contributed by atoms with Crippen molar-refractivity contribution < 1.29 is 9.53 Å². The van der Waals surface area contributed by atoms with Crippen molar-refractivity contribution in [3.8, 4) is 5.75 Å². The number of carbonyl (C=O) groups excluding carboxylic acids is 1. The standard InChI is InChI=1S/C17H25BrN2O2.ClH/c1-12(2)22-15-10-13(18)4-5-14(15)16(21)20-11-17(3)6-8-19-9-7-17;/h4-5,10,12,19H,6-9,11H2,1-3H3,(H,20,21);1H. The molecule has 1 saturated heterocycles. The molecule has 0 spiro atoms. The number of hydrogen-bond donors (Lipinski definition) is 2. The molecule has 4 nitrogen and oxygen atoms in total. The maximum absolute atomic E-state index is 12.5. The number of rotatable bonds is 5. The Morgan fingerprint density at radius 3 is 2.65 bits per heavy atom. The van der Waals surface area contributed by atoms with Crippen LogP contribution in [0.3, 0.4) is 0 Å². The quantitative estimate of drug-likeness (QED) is 0.784. The minimum Gasteiger partial charge on any atom is -0.490 e. The summed E-state index contributed by atoms with van der Waals surface area (Å²) in [5.74, 6) is 0.556. The second-order valence-electron chi connectivity index (χ2n) is 6.55. The van der Waals surface area contributed by atoms with E-state index in [1.807, 2.05) is 32.0 Å². The minimum absolute atomic E-state index is 0. The van der Waals surface area contributed by atoms with E-state index in [-0.39, 0.29) is 29.8 Å². The largest absolute Gasteiger partial charge is 0.490 e. The summed E-state index contributed by atoms with van der Waals surface area (Å²) in [5, 5.41) is 6.44. The van der Waals surface area contributed by atoms with Crippen molar-refractivity contribution >= 4 is 34.2 Å². The van der Waals surface area contributed by atoms with Crippen molar-refractivity contribution in [2.45, 2.75) is 39.7 Å². The van der Waals surface area contributed by atoms with Crippen LogP contribution < -0.4 is 15.4 Å². The first-order chi connectivity index (χ1) is 10.4. The highest BCUT2D eigenvalue weighted by molar-refractivity contribution is 9.10. The molecular weight excluding hydrogens is 380 g/mol. The SMILES string of the molecule is CC(C)Oc1cc(Br)ccc1C(=O)NCC1(C)CCNCC1.Cl. The molecule has 0 aliphatic carbocycles. The van der Waals surface area contributed by atoms with Crippen molar-refractivity contribution in [2.24, 2.45) is 5.41 Å². The second-order valence-corrected chi connectivity index (χ2v) is 7.47. The molecule has 0 saturated carbocycles. The maximum atomic E-state index is 12.5. The molecule has 1 aliphatic heterocycles. The molecular formula is C17H26BrClN2O2. The van der Waals surface area contributed by atoms with E-state index in [1.54, 1.807) is 0 Å². The molecule has 0 aromatic heterocycles. The highest BCUT2D eigenvalue weighted by Gasteiger charge is 2.27. The van der Waals surface area contributed by atoms with Gasteiger partial charge in [0.2, 0.25) is 0 Å². The van der Waals surface area contributed by atoms with E-state index in [9.17, 15) is 4.79 Å². The molecule has 2 N–H and O–H groups in total. The first-order valence-corrected chi connectivity index (χ1v) is 8.64. The molecule has 1 fully saturated rings. The molecule has 0 radical (unpaired) electrons. The summed E-state index contributed by atoms with van der Waals surface area (Å²) in [6.45, 7) is 8.89. The third-order valence-electron chi connectivity index (χ3n) is 4.04. The van der Waals surface area contributed by atoms with Gasteiger partial charge in [0.05, 0.1) is 11.7 Å². The fourth-order valence-electron chi connectivity index (χ4n) is 2.63. The third-order valence-corrected chi connectivity index (χ3v) is 4.53. The Morgan fingerprint density at radius 2 is 2.04 bits per heavy atom. The van der Waals surface area contributed by atoms with Crippen molar-refractivity contribution in [3.05, 3.63) is 28.2 Å². The van der Waals surface area contributed by atoms with Gasteiger partial charge in [-0.15, -0.1) is 12.4 Å². The fraction of sp³-hybridized carbons (Fsp3) is 0.588. The Morgan fingerprint density at radius 1 is 1.39 bits per heavy atom. The van der Waals surface area contributed by atoms with Crippen molar-refractivity contribution in [2.75, 3.05) is 19.6 Å². The first kappa shape index (κ1) is 20.3. The lowest BCUT2D eigenvalue weighted by molar-refractivity contribution is 0.0916. The molecule has 1 amide bonds. The number of ether oxygens (including phenoxy) is 1. The average Bonchev–Trinajstić information content (AvgIpc) is 2.45. The number of benzene rings is 1. The van der Waals surface area contributed by atoms with Crippen molar-refractivity contribution in [1.29, 1.82) is 0 Å². The molecule has 23 heavy (non-hydrogen) atoms. The summed E-state index contributed by atoms with van der Waals surface area (Å²) in [4.78, 5) is 12.5. The molecule has 1 heterocycles. The van der Waals surface area contributed by atoms with Gasteiger partial charge in [-0.1, -0.05) is 22.9 Å². The molecule has 0 atom stereocenters. The van der Waals surface area contributed by atoms with E-state index in [2.05, 4.69) is 33.5 Å². The van der Waals surface area contributed by atoms with Crippen LogP contribution in [0.5, 0.6) is 5.75 Å². The van der Waals surface area contributed by atoms with Crippen LogP contribution in [0.1, 0.15) is 44.0 Å². The molecule has 1 aromatic rings. The molecule has 0 bridgehead atoms. The second kappa shape index (κ2) is 8.90. The lowest BCUT2D eigenvalue weighted by Gasteiger charge is -2.34. The summed E-state index contributed by atoms with van der Waals surface area (Å²) < 4.78 is 6.67. The van der Waals surface area contributed by atoms with Crippen LogP contribution in [0.4, 0.5) is 0 Å². The molecule has 0 unspecified atom stereocenters. The predicted octanol–water partition coefficient (Wildman–Crippen LogP) is 3.78. The van der Waals surface area contributed by atoms with Gasteiger partial charge in [0, 0.05) is 11.0 Å². The zero-order chi connectivity index (χ0) is 16.2. The van der Waals surface area contributed by atoms with Crippen LogP contribution in [0.25, 0.3) is 0 Å². The Labute approximate surface area is 153 Å². The molecule has 130 valence electrons. The van der Waals surface area contributed by atoms with E-state index in [0.29, 0.717) is 17.9 Å². The topological polar surface area (TPSA) is 50.4 Å². The van der Waals surface area contributed by atoms with Crippen LogP contribution in [-0.4, -0.2) is 31.6 Å². The highest BCUT2D eigenvalue weighted by Crippen LogP contribution is 2.28. The number of piperidine rings is 1. The molecule has 1 aromatic carbocycles. The van der Waals surface area contributed by atoms with Crippen molar-refractivity contribution in [3.63, 3.8) is 0 Å². The lowest BCUT2D eigenvalue weighted by atomic mass is 9.81. The summed E-state index contributed by atoms with van der Waals surface area (Å²) in [6.07, 6.45) is 2.20. The Bertz CT molecular complexity index is 531. The maximum Gasteiger partial charge on any atom is 0.255 e. The minimum atomic E-state index is -0.0668. The van der Waals surface area contributed by atoms with Crippen LogP contribution in [0.2, 0.25) is 0 Å². The van der Waals surface area contributed by atoms with Gasteiger partial charge in [-0.2, -0.15) is 0 Å². The number of amides is 1. The molecule has 6 heteroatoms. The van der Waals surface area contributed by atoms with E-state index in [1.165, 1.54) is 0 Å². The van der Waals surface area contributed by atoms with Gasteiger partial charge in [-0.3, -0.25) is 4.79 Å². The zero-order valence-corrected chi connectivity index (χ0v) is 16.4. The normalized spacial score (nSPS) is 16.6. The van der Waals surface area contributed by atoms with Crippen LogP contribution in [-0.2, 0) is 0 Å². The number of halogens is 2. The van der Waals surface area contributed by atoms with Crippen LogP contribution >= 0.6 is 28.3 Å². The first-order valence-electron chi connectivity index (χ1n) is 7.85. The summed E-state index contributed by atoms with van der Waals surface area (Å²) in [7, 11) is 0. The third kappa shape index (κ3) is 5.98. The smallest absolute Gasteiger partial charge is 0.255 e. The van der Waals surface area contributed by atoms with Crippen LogP contribution in [0.15, 0.2) is 22.7 Å². The highest BCUT2D eigenvalue weighted by atomic mass is 79.9. The predicted molar refractivity (Wildman–Crippen MR) is 99.7 cm³/mol. The van der Waals surface area contributed by atoms with Gasteiger partial charge < -0.3 is 15.4 Å². The van der Waals surface area contributed by atoms with E-state index >= 15 is 0 Å². The van der Waals surface area contributed by atoms with Gasteiger partial charge in [0.25, 0.3) is 5.91 Å². The van der Waals surface area contributed by atoms with Gasteiger partial charge in [-0.05, 0) is 63.4 Å². The lowest BCUT2D eigenvalue weighted by Crippen LogP contribution is -2.43. The molecule has 2 rings (SSSR count). The van der Waals surface area contributed by atoms with E-state index in [0.717, 1.165) is 30.4 Å². The number of nitrogens with one attached hydrogen (secondary N) is 2. The Kier molecular flexibility index (Phi) is 7.84. The van der Waals surface area contributed by atoms with Gasteiger partial charge in [0.1, 0.15) is 5.75 Å².